The molecule has 0 aromatic heterocycles. The second-order valence-electron chi connectivity index (χ2n) is 8.67. The lowest BCUT2D eigenvalue weighted by Gasteiger charge is -2.23. The molecule has 0 aliphatic heterocycles. The fraction of sp³-hybridized carbons (Fsp3) is 0.480. The van der Waals surface area contributed by atoms with E-state index in [1.54, 1.807) is 6.92 Å². The van der Waals surface area contributed by atoms with Gasteiger partial charge < -0.3 is 15.4 Å². The SMILES string of the molecule is CC(C)[C@H](NC(=O)Cc1cccc2ccccc12)C(=O)O[C@@H](C)C(=O)NC1CCCC1. The van der Waals surface area contributed by atoms with Crippen molar-refractivity contribution in [1.29, 1.82) is 0 Å². The Hall–Kier alpha value is -2.89. The predicted molar refractivity (Wildman–Crippen MR) is 120 cm³/mol. The molecule has 3 rings (SSSR count). The standard InChI is InChI=1S/C25H32N2O4/c1-16(2)23(25(30)31-17(3)24(29)26-20-12-5-6-13-20)27-22(28)15-19-11-8-10-18-9-4-7-14-21(18)19/h4,7-11,14,16-17,20,23H,5-6,12-13,15H2,1-3H3,(H,26,29)(H,27,28)/t17-,23-/m0/s1. The van der Waals surface area contributed by atoms with Crippen LogP contribution in [0.15, 0.2) is 42.5 Å². The van der Waals surface area contributed by atoms with Crippen LogP contribution in [0, 0.1) is 5.92 Å². The smallest absolute Gasteiger partial charge is 0.329 e. The van der Waals surface area contributed by atoms with Crippen molar-refractivity contribution in [2.45, 2.75) is 71.1 Å². The first-order valence-electron chi connectivity index (χ1n) is 11.1. The monoisotopic (exact) mass is 424 g/mol. The molecular formula is C25H32N2O4. The number of hydrogen-bond acceptors (Lipinski definition) is 4. The minimum Gasteiger partial charge on any atom is -0.451 e. The van der Waals surface area contributed by atoms with Crippen LogP contribution >= 0.6 is 0 Å². The van der Waals surface area contributed by atoms with Crippen molar-refractivity contribution in [2.24, 2.45) is 5.92 Å². The number of hydrogen-bond donors (Lipinski definition) is 2. The van der Waals surface area contributed by atoms with Gasteiger partial charge in [0.2, 0.25) is 5.91 Å². The maximum absolute atomic E-state index is 12.7. The van der Waals surface area contributed by atoms with Crippen LogP contribution in [0.1, 0.15) is 52.0 Å². The molecule has 1 fully saturated rings. The molecular weight excluding hydrogens is 392 g/mol. The highest BCUT2D eigenvalue weighted by Gasteiger charge is 2.30. The zero-order chi connectivity index (χ0) is 22.4. The summed E-state index contributed by atoms with van der Waals surface area (Å²) in [6, 6.07) is 13.1. The molecule has 2 N–H and O–H groups in total. The van der Waals surface area contributed by atoms with E-state index in [9.17, 15) is 14.4 Å². The summed E-state index contributed by atoms with van der Waals surface area (Å²) in [6.45, 7) is 5.25. The van der Waals surface area contributed by atoms with Crippen LogP contribution in [-0.4, -0.2) is 36.0 Å². The van der Waals surface area contributed by atoms with E-state index in [0.29, 0.717) is 0 Å². The average molecular weight is 425 g/mol. The highest BCUT2D eigenvalue weighted by molar-refractivity contribution is 5.92. The molecule has 1 aliphatic rings. The number of fused-ring (bicyclic) bond motifs is 1. The first kappa shape index (κ1) is 22.8. The molecule has 0 bridgehead atoms. The lowest BCUT2D eigenvalue weighted by molar-refractivity contribution is -0.158. The number of amides is 2. The van der Waals surface area contributed by atoms with Gasteiger partial charge in [0.25, 0.3) is 5.91 Å². The Balaban J connectivity index is 1.59. The molecule has 0 saturated heterocycles. The van der Waals surface area contributed by atoms with Crippen molar-refractivity contribution >= 4 is 28.6 Å². The molecule has 166 valence electrons. The van der Waals surface area contributed by atoms with Crippen molar-refractivity contribution < 1.29 is 19.1 Å². The summed E-state index contributed by atoms with van der Waals surface area (Å²) in [6.07, 6.45) is 3.41. The Morgan fingerprint density at radius 2 is 1.68 bits per heavy atom. The van der Waals surface area contributed by atoms with Gasteiger partial charge in [-0.15, -0.1) is 0 Å². The molecule has 2 aromatic rings. The fourth-order valence-electron chi connectivity index (χ4n) is 4.03. The average Bonchev–Trinajstić information content (AvgIpc) is 3.25. The largest absolute Gasteiger partial charge is 0.451 e. The van der Waals surface area contributed by atoms with Gasteiger partial charge in [0, 0.05) is 6.04 Å². The Kier molecular flexibility index (Phi) is 7.66. The van der Waals surface area contributed by atoms with E-state index in [2.05, 4.69) is 10.6 Å². The third-order valence-corrected chi connectivity index (χ3v) is 5.83. The van der Waals surface area contributed by atoms with E-state index in [0.717, 1.165) is 42.0 Å². The van der Waals surface area contributed by atoms with Gasteiger partial charge in [0.05, 0.1) is 6.42 Å². The normalized spacial score (nSPS) is 16.1. The maximum Gasteiger partial charge on any atom is 0.329 e. The lowest BCUT2D eigenvalue weighted by Crippen LogP contribution is -2.48. The van der Waals surface area contributed by atoms with Crippen molar-refractivity contribution in [3.05, 3.63) is 48.0 Å². The Morgan fingerprint density at radius 3 is 2.39 bits per heavy atom. The molecule has 31 heavy (non-hydrogen) atoms. The van der Waals surface area contributed by atoms with E-state index in [-0.39, 0.29) is 30.2 Å². The zero-order valence-electron chi connectivity index (χ0n) is 18.5. The second kappa shape index (κ2) is 10.4. The van der Waals surface area contributed by atoms with Crippen LogP contribution in [0.4, 0.5) is 0 Å². The Labute approximate surface area is 183 Å². The van der Waals surface area contributed by atoms with Crippen molar-refractivity contribution in [1.82, 2.24) is 10.6 Å². The van der Waals surface area contributed by atoms with Crippen LogP contribution in [-0.2, 0) is 25.5 Å². The molecule has 0 spiro atoms. The van der Waals surface area contributed by atoms with E-state index in [4.69, 9.17) is 4.74 Å². The van der Waals surface area contributed by atoms with E-state index in [1.807, 2.05) is 56.3 Å². The van der Waals surface area contributed by atoms with Crippen LogP contribution in [0.5, 0.6) is 0 Å². The van der Waals surface area contributed by atoms with Gasteiger partial charge in [-0.1, -0.05) is 69.2 Å². The number of carbonyl (C=O) groups excluding carboxylic acids is 3. The molecule has 2 amide bonds. The summed E-state index contributed by atoms with van der Waals surface area (Å²) in [5.74, 6) is -1.30. The third kappa shape index (κ3) is 6.06. The summed E-state index contributed by atoms with van der Waals surface area (Å²) in [4.78, 5) is 37.8. The first-order valence-corrected chi connectivity index (χ1v) is 11.1. The molecule has 0 unspecified atom stereocenters. The molecule has 2 aromatic carbocycles. The topological polar surface area (TPSA) is 84.5 Å². The van der Waals surface area contributed by atoms with Gasteiger partial charge >= 0.3 is 5.97 Å². The molecule has 6 heteroatoms. The zero-order valence-corrected chi connectivity index (χ0v) is 18.5. The van der Waals surface area contributed by atoms with Crippen LogP contribution in [0.3, 0.4) is 0 Å². The van der Waals surface area contributed by atoms with Gasteiger partial charge in [-0.25, -0.2) is 4.79 Å². The maximum atomic E-state index is 12.7. The molecule has 1 saturated carbocycles. The summed E-state index contributed by atoms with van der Waals surface area (Å²) in [7, 11) is 0. The Bertz CT molecular complexity index is 929. The molecule has 0 radical (unpaired) electrons. The quantitative estimate of drug-likeness (QED) is 0.635. The minimum absolute atomic E-state index is 0.162. The molecule has 0 heterocycles. The van der Waals surface area contributed by atoms with E-state index in [1.165, 1.54) is 0 Å². The second-order valence-corrected chi connectivity index (χ2v) is 8.67. The van der Waals surface area contributed by atoms with E-state index < -0.39 is 18.1 Å². The fourth-order valence-corrected chi connectivity index (χ4v) is 4.03. The van der Waals surface area contributed by atoms with E-state index >= 15 is 0 Å². The van der Waals surface area contributed by atoms with Gasteiger partial charge in [-0.3, -0.25) is 9.59 Å². The lowest BCUT2D eigenvalue weighted by atomic mass is 10.0. The van der Waals surface area contributed by atoms with Gasteiger partial charge in [0.15, 0.2) is 6.10 Å². The number of nitrogens with one attached hydrogen (secondary N) is 2. The summed E-state index contributed by atoms with van der Waals surface area (Å²) >= 11 is 0. The van der Waals surface area contributed by atoms with Crippen LogP contribution < -0.4 is 10.6 Å². The van der Waals surface area contributed by atoms with Crippen molar-refractivity contribution in [2.75, 3.05) is 0 Å². The highest BCUT2D eigenvalue weighted by atomic mass is 16.5. The summed E-state index contributed by atoms with van der Waals surface area (Å²) < 4.78 is 5.40. The molecule has 2 atom stereocenters. The first-order chi connectivity index (χ1) is 14.8. The molecule has 6 nitrogen and oxygen atoms in total. The van der Waals surface area contributed by atoms with Crippen molar-refractivity contribution in [3.63, 3.8) is 0 Å². The highest BCUT2D eigenvalue weighted by Crippen LogP contribution is 2.20. The molecule has 1 aliphatic carbocycles. The minimum atomic E-state index is -0.899. The predicted octanol–water partition coefficient (Wildman–Crippen LogP) is 3.51. The van der Waals surface area contributed by atoms with Gasteiger partial charge in [0.1, 0.15) is 6.04 Å². The van der Waals surface area contributed by atoms with Gasteiger partial charge in [-0.05, 0) is 42.0 Å². The number of ether oxygens (including phenoxy) is 1. The summed E-state index contributed by atoms with van der Waals surface area (Å²) in [5, 5.41) is 7.82. The van der Waals surface area contributed by atoms with Crippen LogP contribution in [0.25, 0.3) is 10.8 Å². The van der Waals surface area contributed by atoms with Gasteiger partial charge in [-0.2, -0.15) is 0 Å². The number of benzene rings is 2. The van der Waals surface area contributed by atoms with Crippen LogP contribution in [0.2, 0.25) is 0 Å². The summed E-state index contributed by atoms with van der Waals surface area (Å²) in [5.41, 5.74) is 0.899. The Morgan fingerprint density at radius 1 is 1.00 bits per heavy atom. The third-order valence-electron chi connectivity index (χ3n) is 5.83. The van der Waals surface area contributed by atoms with Crippen molar-refractivity contribution in [3.8, 4) is 0 Å². The number of carbonyl (C=O) groups is 3. The number of esters is 1. The number of rotatable bonds is 8.